The summed E-state index contributed by atoms with van der Waals surface area (Å²) in [7, 11) is 2.26. The van der Waals surface area contributed by atoms with Gasteiger partial charge in [-0.15, -0.1) is 0 Å². The maximum atomic E-state index is 11.2. The van der Waals surface area contributed by atoms with Gasteiger partial charge in [0, 0.05) is 31.2 Å². The van der Waals surface area contributed by atoms with Crippen LogP contribution in [0.2, 0.25) is 0 Å². The summed E-state index contributed by atoms with van der Waals surface area (Å²) in [4.78, 5) is 16.2. The van der Waals surface area contributed by atoms with E-state index < -0.39 is 5.97 Å². The van der Waals surface area contributed by atoms with Gasteiger partial charge in [-0.1, -0.05) is 6.92 Å². The number of hydrogen-bond donors (Lipinski definition) is 1. The summed E-state index contributed by atoms with van der Waals surface area (Å²) in [5, 5.41) is 9.22. The third kappa shape index (κ3) is 1.95. The van der Waals surface area contributed by atoms with E-state index in [4.69, 9.17) is 0 Å². The molecule has 3 rings (SSSR count). The van der Waals surface area contributed by atoms with Crippen molar-refractivity contribution in [2.24, 2.45) is 11.8 Å². The third-order valence-corrected chi connectivity index (χ3v) is 5.55. The maximum absolute atomic E-state index is 11.2. The second-order valence-corrected chi connectivity index (χ2v) is 6.55. The Morgan fingerprint density at radius 2 is 1.72 bits per heavy atom. The van der Waals surface area contributed by atoms with Crippen molar-refractivity contribution in [3.63, 3.8) is 0 Å². The third-order valence-electron chi connectivity index (χ3n) is 5.55. The average molecular weight is 252 g/mol. The first-order valence-electron chi connectivity index (χ1n) is 7.25. The van der Waals surface area contributed by atoms with Crippen LogP contribution in [-0.2, 0) is 4.79 Å². The van der Waals surface area contributed by atoms with Crippen LogP contribution < -0.4 is 0 Å². The zero-order valence-electron chi connectivity index (χ0n) is 11.4. The molecule has 102 valence electrons. The smallest absolute Gasteiger partial charge is 0.308 e. The molecule has 4 heteroatoms. The summed E-state index contributed by atoms with van der Waals surface area (Å²) >= 11 is 0. The largest absolute Gasteiger partial charge is 0.481 e. The molecule has 0 aromatic carbocycles. The number of fused-ring (bicyclic) bond motifs is 2. The predicted octanol–water partition coefficient (Wildman–Crippen LogP) is 1.26. The Kier molecular flexibility index (Phi) is 3.10. The number of hydrogen-bond acceptors (Lipinski definition) is 3. The number of likely N-dealkylation sites (tertiary alicyclic amines) is 1. The highest BCUT2D eigenvalue weighted by Gasteiger charge is 2.44. The van der Waals surface area contributed by atoms with E-state index in [0.717, 1.165) is 25.2 Å². The number of piperidine rings is 1. The standard InChI is InChI=1S/C14H24N2O2/c1-9-7-16(8-13(9)14(17)18)12-5-10-3-4-11(6-12)15(10)2/h9-13H,3-8H2,1-2H3,(H,17,18). The maximum Gasteiger partial charge on any atom is 0.308 e. The minimum Gasteiger partial charge on any atom is -0.481 e. The molecule has 2 bridgehead atoms. The monoisotopic (exact) mass is 252 g/mol. The van der Waals surface area contributed by atoms with Crippen LogP contribution in [0, 0.1) is 11.8 Å². The Balaban J connectivity index is 1.65. The lowest BCUT2D eigenvalue weighted by molar-refractivity contribution is -0.142. The van der Waals surface area contributed by atoms with Gasteiger partial charge in [0.15, 0.2) is 0 Å². The summed E-state index contributed by atoms with van der Waals surface area (Å²) < 4.78 is 0. The molecule has 3 saturated heterocycles. The molecule has 0 saturated carbocycles. The normalized spacial score (nSPS) is 45.6. The summed E-state index contributed by atoms with van der Waals surface area (Å²) in [5.74, 6) is -0.456. The minimum absolute atomic E-state index is 0.151. The van der Waals surface area contributed by atoms with Crippen LogP contribution in [0.1, 0.15) is 32.6 Å². The van der Waals surface area contributed by atoms with Gasteiger partial charge in [-0.2, -0.15) is 0 Å². The number of aliphatic carboxylic acids is 1. The van der Waals surface area contributed by atoms with Crippen molar-refractivity contribution in [1.29, 1.82) is 0 Å². The van der Waals surface area contributed by atoms with Crippen LogP contribution in [0.25, 0.3) is 0 Å². The average Bonchev–Trinajstić information content (AvgIpc) is 2.77. The highest BCUT2D eigenvalue weighted by molar-refractivity contribution is 5.71. The van der Waals surface area contributed by atoms with Crippen LogP contribution >= 0.6 is 0 Å². The first kappa shape index (κ1) is 12.4. The molecule has 4 nitrogen and oxygen atoms in total. The topological polar surface area (TPSA) is 43.8 Å². The summed E-state index contributed by atoms with van der Waals surface area (Å²) in [5.41, 5.74) is 0. The minimum atomic E-state index is -0.610. The highest BCUT2D eigenvalue weighted by atomic mass is 16.4. The van der Waals surface area contributed by atoms with Crippen LogP contribution in [0.5, 0.6) is 0 Å². The fraction of sp³-hybridized carbons (Fsp3) is 0.929. The molecule has 3 aliphatic heterocycles. The molecule has 18 heavy (non-hydrogen) atoms. The SMILES string of the molecule is CC1CN(C2CC3CCC(C2)N3C)CC1C(=O)O. The van der Waals surface area contributed by atoms with Crippen molar-refractivity contribution in [2.75, 3.05) is 20.1 Å². The molecule has 0 radical (unpaired) electrons. The van der Waals surface area contributed by atoms with Crippen molar-refractivity contribution in [2.45, 2.75) is 50.7 Å². The number of nitrogens with zero attached hydrogens (tertiary/aromatic N) is 2. The van der Waals surface area contributed by atoms with Gasteiger partial charge in [0.2, 0.25) is 0 Å². The fourth-order valence-electron chi connectivity index (χ4n) is 4.30. The molecule has 0 spiro atoms. The van der Waals surface area contributed by atoms with Gasteiger partial charge in [-0.3, -0.25) is 9.69 Å². The number of carbonyl (C=O) groups is 1. The van der Waals surface area contributed by atoms with Gasteiger partial charge in [0.1, 0.15) is 0 Å². The van der Waals surface area contributed by atoms with E-state index in [0.29, 0.717) is 12.0 Å². The van der Waals surface area contributed by atoms with Gasteiger partial charge in [-0.05, 0) is 38.6 Å². The van der Waals surface area contributed by atoms with E-state index in [9.17, 15) is 9.90 Å². The molecule has 3 fully saturated rings. The van der Waals surface area contributed by atoms with Crippen molar-refractivity contribution in [3.05, 3.63) is 0 Å². The molecule has 0 aliphatic carbocycles. The van der Waals surface area contributed by atoms with Gasteiger partial charge in [0.25, 0.3) is 0 Å². The lowest BCUT2D eigenvalue weighted by Gasteiger charge is -2.40. The summed E-state index contributed by atoms with van der Waals surface area (Å²) in [6, 6.07) is 2.12. The lowest BCUT2D eigenvalue weighted by Crippen LogP contribution is -2.48. The first-order valence-corrected chi connectivity index (χ1v) is 7.25. The number of rotatable bonds is 2. The zero-order chi connectivity index (χ0) is 12.9. The molecule has 1 N–H and O–H groups in total. The summed E-state index contributed by atoms with van der Waals surface area (Å²) in [6.07, 6.45) is 5.16. The first-order chi connectivity index (χ1) is 8.56. The second kappa shape index (κ2) is 4.49. The zero-order valence-corrected chi connectivity index (χ0v) is 11.4. The highest BCUT2D eigenvalue weighted by Crippen LogP contribution is 2.38. The molecule has 0 amide bonds. The number of carboxylic acids is 1. The van der Waals surface area contributed by atoms with Crippen molar-refractivity contribution < 1.29 is 9.90 Å². The van der Waals surface area contributed by atoms with E-state index in [2.05, 4.69) is 23.8 Å². The molecule has 4 unspecified atom stereocenters. The Hall–Kier alpha value is -0.610. The van der Waals surface area contributed by atoms with Crippen LogP contribution in [0.4, 0.5) is 0 Å². The Morgan fingerprint density at radius 1 is 1.11 bits per heavy atom. The van der Waals surface area contributed by atoms with E-state index in [1.54, 1.807) is 0 Å². The van der Waals surface area contributed by atoms with E-state index in [1.165, 1.54) is 25.7 Å². The number of carboxylic acid groups (broad SMARTS) is 1. The molecule has 3 heterocycles. The fourth-order valence-corrected chi connectivity index (χ4v) is 4.30. The Bertz CT molecular complexity index is 333. The molecule has 4 atom stereocenters. The summed E-state index contributed by atoms with van der Waals surface area (Å²) in [6.45, 7) is 3.83. The molecule has 3 aliphatic rings. The van der Waals surface area contributed by atoms with E-state index in [1.807, 2.05) is 0 Å². The predicted molar refractivity (Wildman–Crippen MR) is 69.5 cm³/mol. The van der Waals surface area contributed by atoms with Gasteiger partial charge >= 0.3 is 5.97 Å². The lowest BCUT2D eigenvalue weighted by atomic mass is 9.97. The van der Waals surface area contributed by atoms with Crippen molar-refractivity contribution >= 4 is 5.97 Å². The second-order valence-electron chi connectivity index (χ2n) is 6.55. The van der Waals surface area contributed by atoms with Crippen LogP contribution in [0.15, 0.2) is 0 Å². The van der Waals surface area contributed by atoms with Gasteiger partial charge in [0.05, 0.1) is 5.92 Å². The van der Waals surface area contributed by atoms with Crippen molar-refractivity contribution in [3.8, 4) is 0 Å². The molecule has 0 aromatic rings. The quantitative estimate of drug-likeness (QED) is 0.803. The Labute approximate surface area is 109 Å². The van der Waals surface area contributed by atoms with Crippen LogP contribution in [-0.4, -0.2) is 59.1 Å². The molecular formula is C14H24N2O2. The van der Waals surface area contributed by atoms with Gasteiger partial charge in [-0.25, -0.2) is 0 Å². The Morgan fingerprint density at radius 3 is 2.22 bits per heavy atom. The van der Waals surface area contributed by atoms with Gasteiger partial charge < -0.3 is 10.0 Å². The van der Waals surface area contributed by atoms with Crippen LogP contribution in [0.3, 0.4) is 0 Å². The van der Waals surface area contributed by atoms with E-state index >= 15 is 0 Å². The van der Waals surface area contributed by atoms with E-state index in [-0.39, 0.29) is 5.92 Å². The molecule has 0 aromatic heterocycles. The molecular weight excluding hydrogens is 228 g/mol. The van der Waals surface area contributed by atoms with Crippen molar-refractivity contribution in [1.82, 2.24) is 9.80 Å².